The molecule has 0 aliphatic heterocycles. The average Bonchev–Trinajstić information content (AvgIpc) is 1.65. The van der Waals surface area contributed by atoms with Gasteiger partial charge in [0, 0.05) is 6.42 Å². The molecule has 48 valence electrons. The zero-order valence-electron chi connectivity index (χ0n) is 5.13. The largest absolute Gasteiger partial charge is 0.411 e. The minimum Gasteiger partial charge on any atom is -0.411 e. The molecule has 0 heterocycles. The van der Waals surface area contributed by atoms with Gasteiger partial charge in [-0.3, -0.25) is 0 Å². The molecule has 0 saturated heterocycles. The third-order valence-corrected chi connectivity index (χ3v) is 0.762. The Labute approximate surface area is 48.6 Å². The highest BCUT2D eigenvalue weighted by molar-refractivity contribution is 5.81. The van der Waals surface area contributed by atoms with Gasteiger partial charge in [0.15, 0.2) is 0 Å². The topological polar surface area (TPSA) is 52.8 Å². The number of aliphatic hydroxyl groups excluding tert-OH is 1. The van der Waals surface area contributed by atoms with E-state index in [1.807, 2.05) is 0 Å². The Morgan fingerprint density at radius 1 is 1.75 bits per heavy atom. The van der Waals surface area contributed by atoms with Crippen molar-refractivity contribution in [2.75, 3.05) is 0 Å². The fourth-order valence-electron chi connectivity index (χ4n) is 0.468. The van der Waals surface area contributed by atoms with Gasteiger partial charge in [-0.05, 0) is 13.8 Å². The second kappa shape index (κ2) is 3.43. The Kier molecular flexibility index (Phi) is 3.19. The molecule has 0 radical (unpaired) electrons. The average molecular weight is 117 g/mol. The molecule has 0 amide bonds. The summed E-state index contributed by atoms with van der Waals surface area (Å²) in [6, 6.07) is 0. The molecular weight excluding hydrogens is 106 g/mol. The summed E-state index contributed by atoms with van der Waals surface area (Å²) >= 11 is 0. The van der Waals surface area contributed by atoms with Crippen molar-refractivity contribution >= 4 is 5.71 Å². The van der Waals surface area contributed by atoms with Gasteiger partial charge in [-0.25, -0.2) is 0 Å². The zero-order valence-corrected chi connectivity index (χ0v) is 5.13. The lowest BCUT2D eigenvalue weighted by molar-refractivity contribution is 0.201. The minimum absolute atomic E-state index is 0.411. The van der Waals surface area contributed by atoms with Crippen molar-refractivity contribution in [3.8, 4) is 0 Å². The molecule has 0 aliphatic carbocycles. The van der Waals surface area contributed by atoms with Crippen LogP contribution in [0.15, 0.2) is 5.16 Å². The third kappa shape index (κ3) is 3.61. The summed E-state index contributed by atoms with van der Waals surface area (Å²) in [5.74, 6) is 0. The summed E-state index contributed by atoms with van der Waals surface area (Å²) in [6.45, 7) is 3.31. The molecule has 3 heteroatoms. The smallest absolute Gasteiger partial charge is 0.0565 e. The Morgan fingerprint density at radius 2 is 2.25 bits per heavy atom. The van der Waals surface area contributed by atoms with E-state index in [-0.39, 0.29) is 0 Å². The van der Waals surface area contributed by atoms with Gasteiger partial charge in [0.2, 0.25) is 0 Å². The zero-order chi connectivity index (χ0) is 6.57. The molecule has 3 nitrogen and oxygen atoms in total. The van der Waals surface area contributed by atoms with Crippen LogP contribution in [0.4, 0.5) is 0 Å². The molecule has 1 unspecified atom stereocenters. The van der Waals surface area contributed by atoms with Crippen LogP contribution in [-0.2, 0) is 0 Å². The summed E-state index contributed by atoms with van der Waals surface area (Å²) in [6.07, 6.45) is 0.0298. The maximum Gasteiger partial charge on any atom is 0.0565 e. The molecule has 0 bridgehead atoms. The molecule has 0 aliphatic rings. The van der Waals surface area contributed by atoms with Crippen LogP contribution in [0.1, 0.15) is 20.3 Å². The number of rotatable bonds is 2. The molecule has 8 heavy (non-hydrogen) atoms. The van der Waals surface area contributed by atoms with Gasteiger partial charge in [-0.15, -0.1) is 0 Å². The van der Waals surface area contributed by atoms with Crippen molar-refractivity contribution in [3.63, 3.8) is 0 Å². The minimum atomic E-state index is -0.411. The van der Waals surface area contributed by atoms with Crippen LogP contribution in [0.2, 0.25) is 0 Å². The predicted octanol–water partition coefficient (Wildman–Crippen LogP) is 0.607. The molecule has 0 saturated carbocycles. The summed E-state index contributed by atoms with van der Waals surface area (Å²) in [5.41, 5.74) is 0.556. The van der Waals surface area contributed by atoms with E-state index >= 15 is 0 Å². The first-order valence-corrected chi connectivity index (χ1v) is 2.52. The second-order valence-electron chi connectivity index (χ2n) is 1.89. The Hall–Kier alpha value is -0.570. The van der Waals surface area contributed by atoms with E-state index in [9.17, 15) is 0 Å². The summed E-state index contributed by atoms with van der Waals surface area (Å²) in [5, 5.41) is 19.6. The molecule has 0 aromatic carbocycles. The lowest BCUT2D eigenvalue weighted by Gasteiger charge is -1.98. The summed E-state index contributed by atoms with van der Waals surface area (Å²) < 4.78 is 0. The maximum absolute atomic E-state index is 8.66. The molecular formula is C5H11NO2. The monoisotopic (exact) mass is 117 g/mol. The standard InChI is InChI=1S/C5H11NO2/c1-4(6-8)3-5(2)7/h5,7-8H,3H2,1-2H3. The number of aliphatic hydroxyl groups is 1. The number of nitrogens with zero attached hydrogens (tertiary/aromatic N) is 1. The van der Waals surface area contributed by atoms with Crippen LogP contribution in [0.3, 0.4) is 0 Å². The van der Waals surface area contributed by atoms with Gasteiger partial charge in [0.25, 0.3) is 0 Å². The van der Waals surface area contributed by atoms with E-state index in [0.717, 1.165) is 0 Å². The van der Waals surface area contributed by atoms with Crippen molar-refractivity contribution in [3.05, 3.63) is 0 Å². The van der Waals surface area contributed by atoms with E-state index in [1.165, 1.54) is 0 Å². The summed E-state index contributed by atoms with van der Waals surface area (Å²) in [7, 11) is 0. The van der Waals surface area contributed by atoms with E-state index < -0.39 is 6.10 Å². The molecule has 0 spiro atoms. The van der Waals surface area contributed by atoms with Crippen LogP contribution in [0, 0.1) is 0 Å². The van der Waals surface area contributed by atoms with Gasteiger partial charge < -0.3 is 10.3 Å². The lowest BCUT2D eigenvalue weighted by atomic mass is 10.2. The number of hydrogen-bond donors (Lipinski definition) is 2. The first-order valence-electron chi connectivity index (χ1n) is 2.52. The van der Waals surface area contributed by atoms with E-state index in [2.05, 4.69) is 5.16 Å². The van der Waals surface area contributed by atoms with Crippen molar-refractivity contribution in [2.24, 2.45) is 5.16 Å². The fraction of sp³-hybridized carbons (Fsp3) is 0.800. The molecule has 0 fully saturated rings. The first-order chi connectivity index (χ1) is 3.66. The number of oxime groups is 1. The molecule has 2 N–H and O–H groups in total. The van der Waals surface area contributed by atoms with E-state index in [1.54, 1.807) is 13.8 Å². The SMILES string of the molecule is CC(CC(C)O)=NO. The summed E-state index contributed by atoms with van der Waals surface area (Å²) in [4.78, 5) is 0. The Bertz CT molecular complexity index is 88.4. The highest BCUT2D eigenvalue weighted by atomic mass is 16.4. The van der Waals surface area contributed by atoms with Crippen LogP contribution >= 0.6 is 0 Å². The molecule has 0 aromatic rings. The maximum atomic E-state index is 8.66. The molecule has 1 atom stereocenters. The van der Waals surface area contributed by atoms with Gasteiger partial charge in [0.05, 0.1) is 11.8 Å². The number of hydrogen-bond acceptors (Lipinski definition) is 3. The fourth-order valence-corrected chi connectivity index (χ4v) is 0.468. The van der Waals surface area contributed by atoms with Crippen molar-refractivity contribution in [2.45, 2.75) is 26.4 Å². The molecule has 0 rings (SSSR count). The van der Waals surface area contributed by atoms with Gasteiger partial charge in [0.1, 0.15) is 0 Å². The van der Waals surface area contributed by atoms with Gasteiger partial charge in [-0.1, -0.05) is 5.16 Å². The van der Waals surface area contributed by atoms with Crippen LogP contribution in [0.25, 0.3) is 0 Å². The predicted molar refractivity (Wildman–Crippen MR) is 31.2 cm³/mol. The van der Waals surface area contributed by atoms with Crippen molar-refractivity contribution < 1.29 is 10.3 Å². The Balaban J connectivity index is 3.39. The van der Waals surface area contributed by atoms with E-state index in [0.29, 0.717) is 12.1 Å². The third-order valence-electron chi connectivity index (χ3n) is 0.762. The van der Waals surface area contributed by atoms with Crippen LogP contribution in [-0.4, -0.2) is 22.1 Å². The normalized spacial score (nSPS) is 16.1. The molecule has 0 aromatic heterocycles. The van der Waals surface area contributed by atoms with Gasteiger partial charge in [-0.2, -0.15) is 0 Å². The van der Waals surface area contributed by atoms with Gasteiger partial charge >= 0.3 is 0 Å². The van der Waals surface area contributed by atoms with Crippen molar-refractivity contribution in [1.29, 1.82) is 0 Å². The van der Waals surface area contributed by atoms with E-state index in [4.69, 9.17) is 10.3 Å². The highest BCUT2D eigenvalue weighted by Crippen LogP contribution is 1.90. The quantitative estimate of drug-likeness (QED) is 0.316. The lowest BCUT2D eigenvalue weighted by Crippen LogP contribution is -2.05. The van der Waals surface area contributed by atoms with Crippen molar-refractivity contribution in [1.82, 2.24) is 0 Å². The highest BCUT2D eigenvalue weighted by Gasteiger charge is 1.96. The Morgan fingerprint density at radius 3 is 2.38 bits per heavy atom. The first kappa shape index (κ1) is 7.43. The second-order valence-corrected chi connectivity index (χ2v) is 1.89. The van der Waals surface area contributed by atoms with Crippen LogP contribution < -0.4 is 0 Å². The van der Waals surface area contributed by atoms with Crippen LogP contribution in [0.5, 0.6) is 0 Å².